The summed E-state index contributed by atoms with van der Waals surface area (Å²) in [7, 11) is 1.77. The highest BCUT2D eigenvalue weighted by molar-refractivity contribution is 8.03. The van der Waals surface area contributed by atoms with Gasteiger partial charge < -0.3 is 10.1 Å². The molecule has 138 valence electrons. The van der Waals surface area contributed by atoms with Crippen LogP contribution in [0.3, 0.4) is 0 Å². The Morgan fingerprint density at radius 2 is 2.00 bits per heavy atom. The largest absolute Gasteiger partial charge is 0.489 e. The van der Waals surface area contributed by atoms with E-state index in [1.54, 1.807) is 24.0 Å². The fourth-order valence-corrected chi connectivity index (χ4v) is 3.22. The predicted octanol–water partition coefficient (Wildman–Crippen LogP) is 4.30. The fraction of sp³-hybridized carbons (Fsp3) is 0.143. The molecule has 0 saturated heterocycles. The van der Waals surface area contributed by atoms with Gasteiger partial charge in [0.25, 0.3) is 5.91 Å². The number of hydrogen-bond acceptors (Lipinski definition) is 4. The van der Waals surface area contributed by atoms with Gasteiger partial charge >= 0.3 is 0 Å². The Bertz CT molecular complexity index is 951. The van der Waals surface area contributed by atoms with E-state index < -0.39 is 0 Å². The van der Waals surface area contributed by atoms with Crippen molar-refractivity contribution in [2.75, 3.05) is 0 Å². The number of benzene rings is 2. The van der Waals surface area contributed by atoms with Crippen LogP contribution in [0.5, 0.6) is 5.75 Å². The van der Waals surface area contributed by atoms with Gasteiger partial charge in [-0.2, -0.15) is 5.10 Å². The third-order valence-electron chi connectivity index (χ3n) is 3.84. The van der Waals surface area contributed by atoms with Crippen LogP contribution in [0.15, 0.2) is 77.3 Å². The number of ether oxygens (including phenoxy) is 1. The molecule has 1 heterocycles. The Balaban J connectivity index is 1.61. The molecule has 0 aliphatic heterocycles. The molecule has 0 bridgehead atoms. The van der Waals surface area contributed by atoms with Gasteiger partial charge in [-0.1, -0.05) is 54.7 Å². The lowest BCUT2D eigenvalue weighted by atomic mass is 10.2. The minimum absolute atomic E-state index is 0.276. The minimum Gasteiger partial charge on any atom is -0.489 e. The highest BCUT2D eigenvalue weighted by atomic mass is 32.2. The Morgan fingerprint density at radius 1 is 1.22 bits per heavy atom. The van der Waals surface area contributed by atoms with Crippen LogP contribution in [0, 0.1) is 6.92 Å². The maximum absolute atomic E-state index is 12.2. The molecular weight excluding hydrogens is 358 g/mol. The number of nitrogens with one attached hydrogen (secondary N) is 1. The number of aromatic nitrogens is 2. The number of thioether (sulfide) groups is 1. The summed E-state index contributed by atoms with van der Waals surface area (Å²) in [6.45, 7) is 6.46. The van der Waals surface area contributed by atoms with Crippen LogP contribution in [0.2, 0.25) is 0 Å². The number of carbonyl (C=O) groups is 1. The van der Waals surface area contributed by atoms with Crippen LogP contribution < -0.4 is 10.1 Å². The quantitative estimate of drug-likeness (QED) is 0.622. The summed E-state index contributed by atoms with van der Waals surface area (Å²) in [5.41, 5.74) is 2.55. The first-order valence-electron chi connectivity index (χ1n) is 8.46. The van der Waals surface area contributed by atoms with E-state index in [1.165, 1.54) is 11.8 Å². The molecule has 2 aromatic carbocycles. The summed E-state index contributed by atoms with van der Waals surface area (Å²) in [6, 6.07) is 17.6. The van der Waals surface area contributed by atoms with E-state index in [4.69, 9.17) is 4.74 Å². The molecule has 5 nitrogen and oxygen atoms in total. The molecule has 0 aliphatic rings. The third-order valence-corrected chi connectivity index (χ3v) is 4.85. The fourth-order valence-electron chi connectivity index (χ4n) is 2.41. The van der Waals surface area contributed by atoms with Crippen LogP contribution in [-0.4, -0.2) is 15.7 Å². The molecule has 0 aliphatic carbocycles. The molecule has 3 rings (SSSR count). The molecule has 0 saturated carbocycles. The van der Waals surface area contributed by atoms with Crippen molar-refractivity contribution in [1.82, 2.24) is 15.1 Å². The van der Waals surface area contributed by atoms with Crippen LogP contribution >= 0.6 is 11.8 Å². The van der Waals surface area contributed by atoms with Gasteiger partial charge in [-0.25, -0.2) is 0 Å². The van der Waals surface area contributed by atoms with Crippen molar-refractivity contribution < 1.29 is 9.53 Å². The lowest BCUT2D eigenvalue weighted by Crippen LogP contribution is -2.21. The smallest absolute Gasteiger partial charge is 0.276 e. The average Bonchev–Trinajstić information content (AvgIpc) is 3.10. The van der Waals surface area contributed by atoms with Gasteiger partial charge in [-0.15, -0.1) is 0 Å². The molecule has 0 fully saturated rings. The highest BCUT2D eigenvalue weighted by Gasteiger charge is 2.11. The molecule has 1 aromatic heterocycles. The van der Waals surface area contributed by atoms with E-state index in [0.29, 0.717) is 17.3 Å². The summed E-state index contributed by atoms with van der Waals surface area (Å²) >= 11 is 1.39. The molecular formula is C21H21N3O2S. The van der Waals surface area contributed by atoms with Crippen molar-refractivity contribution in [1.29, 1.82) is 0 Å². The SMILES string of the molecule is C=C(NC(=O)c1ccn(C)n1)Sc1cc(OCc2ccccc2)ccc1C. The van der Waals surface area contributed by atoms with E-state index >= 15 is 0 Å². The first kappa shape index (κ1) is 18.8. The lowest BCUT2D eigenvalue weighted by molar-refractivity contribution is 0.0963. The molecule has 0 spiro atoms. The van der Waals surface area contributed by atoms with Gasteiger partial charge in [-0.3, -0.25) is 9.48 Å². The van der Waals surface area contributed by atoms with Crippen molar-refractivity contribution >= 4 is 17.7 Å². The van der Waals surface area contributed by atoms with Crippen LogP contribution in [-0.2, 0) is 13.7 Å². The average molecular weight is 379 g/mol. The monoisotopic (exact) mass is 379 g/mol. The normalized spacial score (nSPS) is 10.4. The second-order valence-electron chi connectivity index (χ2n) is 6.06. The lowest BCUT2D eigenvalue weighted by Gasteiger charge is -2.12. The minimum atomic E-state index is -0.276. The molecule has 6 heteroatoms. The van der Waals surface area contributed by atoms with Crippen molar-refractivity contribution in [3.8, 4) is 5.75 Å². The summed E-state index contributed by atoms with van der Waals surface area (Å²) in [5, 5.41) is 7.40. The molecule has 3 aromatic rings. The molecule has 1 N–H and O–H groups in total. The number of rotatable bonds is 7. The number of carbonyl (C=O) groups excluding carboxylic acids is 1. The summed E-state index contributed by atoms with van der Waals surface area (Å²) in [4.78, 5) is 13.2. The van der Waals surface area contributed by atoms with Gasteiger partial charge in [-0.05, 0) is 36.2 Å². The van der Waals surface area contributed by atoms with Crippen LogP contribution in [0.4, 0.5) is 0 Å². The van der Waals surface area contributed by atoms with Crippen molar-refractivity contribution in [2.24, 2.45) is 7.05 Å². The van der Waals surface area contributed by atoms with Gasteiger partial charge in [0.05, 0.1) is 5.03 Å². The Kier molecular flexibility index (Phi) is 5.98. The number of nitrogens with zero attached hydrogens (tertiary/aromatic N) is 2. The molecule has 0 radical (unpaired) electrons. The van der Waals surface area contributed by atoms with Crippen LogP contribution in [0.25, 0.3) is 0 Å². The number of aryl methyl sites for hydroxylation is 2. The second kappa shape index (κ2) is 8.60. The predicted molar refractivity (Wildman–Crippen MR) is 108 cm³/mol. The number of hydrogen-bond donors (Lipinski definition) is 1. The standard InChI is InChI=1S/C21H21N3O2S/c1-15-9-10-18(26-14-17-7-5-4-6-8-17)13-20(15)27-16(2)22-21(25)19-11-12-24(3)23-19/h4-13H,2,14H2,1,3H3,(H,22,25). The van der Waals surface area contributed by atoms with E-state index in [-0.39, 0.29) is 5.91 Å². The number of amides is 1. The maximum Gasteiger partial charge on any atom is 0.276 e. The summed E-state index contributed by atoms with van der Waals surface area (Å²) < 4.78 is 7.47. The van der Waals surface area contributed by atoms with E-state index in [2.05, 4.69) is 17.0 Å². The zero-order valence-electron chi connectivity index (χ0n) is 15.3. The van der Waals surface area contributed by atoms with E-state index in [9.17, 15) is 4.79 Å². The Labute approximate surface area is 163 Å². The van der Waals surface area contributed by atoms with Gasteiger partial charge in [0.15, 0.2) is 5.69 Å². The van der Waals surface area contributed by atoms with Crippen LogP contribution in [0.1, 0.15) is 21.6 Å². The van der Waals surface area contributed by atoms with Crippen molar-refractivity contribution in [3.63, 3.8) is 0 Å². The zero-order chi connectivity index (χ0) is 19.2. The third kappa shape index (κ3) is 5.24. The first-order chi connectivity index (χ1) is 13.0. The van der Waals surface area contributed by atoms with E-state index in [1.807, 2.05) is 55.5 Å². The van der Waals surface area contributed by atoms with Gasteiger partial charge in [0.2, 0.25) is 0 Å². The Morgan fingerprint density at radius 3 is 2.70 bits per heavy atom. The summed E-state index contributed by atoms with van der Waals surface area (Å²) in [5.74, 6) is 0.498. The molecule has 0 unspecified atom stereocenters. The molecule has 27 heavy (non-hydrogen) atoms. The molecule has 0 atom stereocenters. The Hall–Kier alpha value is -2.99. The molecule has 1 amide bonds. The van der Waals surface area contributed by atoms with Crippen molar-refractivity contribution in [3.05, 3.63) is 89.2 Å². The van der Waals surface area contributed by atoms with E-state index in [0.717, 1.165) is 21.8 Å². The summed E-state index contributed by atoms with van der Waals surface area (Å²) in [6.07, 6.45) is 1.72. The second-order valence-corrected chi connectivity index (χ2v) is 7.19. The van der Waals surface area contributed by atoms with Crippen molar-refractivity contribution in [2.45, 2.75) is 18.4 Å². The first-order valence-corrected chi connectivity index (χ1v) is 9.28. The topological polar surface area (TPSA) is 56.2 Å². The zero-order valence-corrected chi connectivity index (χ0v) is 16.1. The highest BCUT2D eigenvalue weighted by Crippen LogP contribution is 2.31. The van der Waals surface area contributed by atoms with Gasteiger partial charge in [0.1, 0.15) is 12.4 Å². The van der Waals surface area contributed by atoms with Gasteiger partial charge in [0, 0.05) is 18.1 Å². The maximum atomic E-state index is 12.2.